The number of carbonyl (C=O) groups excluding carboxylic acids is 1. The van der Waals surface area contributed by atoms with Crippen LogP contribution in [0.5, 0.6) is 0 Å². The van der Waals surface area contributed by atoms with Crippen LogP contribution in [0.25, 0.3) is 0 Å². The van der Waals surface area contributed by atoms with Crippen LogP contribution in [-0.2, 0) is 11.3 Å². The number of nitrogens with zero attached hydrogens (tertiary/aromatic N) is 1. The number of imidazole rings is 1. The maximum atomic E-state index is 11.0. The van der Waals surface area contributed by atoms with E-state index in [2.05, 4.69) is 20.6 Å². The van der Waals surface area contributed by atoms with Gasteiger partial charge in [0.25, 0.3) is 0 Å². The van der Waals surface area contributed by atoms with Gasteiger partial charge in [-0.05, 0) is 6.92 Å². The van der Waals surface area contributed by atoms with Crippen LogP contribution in [0.15, 0.2) is 12.4 Å². The lowest BCUT2D eigenvalue weighted by Crippen LogP contribution is -2.33. The van der Waals surface area contributed by atoms with E-state index in [0.29, 0.717) is 19.6 Å². The highest BCUT2D eigenvalue weighted by Crippen LogP contribution is 1.85. The van der Waals surface area contributed by atoms with Gasteiger partial charge in [0, 0.05) is 18.9 Å². The van der Waals surface area contributed by atoms with Crippen molar-refractivity contribution in [1.29, 1.82) is 0 Å². The number of nitrogens with one attached hydrogen (secondary N) is 3. The Labute approximate surface area is 76.9 Å². The van der Waals surface area contributed by atoms with Gasteiger partial charge in [-0.1, -0.05) is 0 Å². The molecule has 13 heavy (non-hydrogen) atoms. The van der Waals surface area contributed by atoms with E-state index in [0.717, 1.165) is 5.82 Å². The Bertz CT molecular complexity index is 245. The van der Waals surface area contributed by atoms with Crippen LogP contribution in [0.4, 0.5) is 0 Å². The summed E-state index contributed by atoms with van der Waals surface area (Å²) in [6.07, 6.45) is 3.44. The minimum absolute atomic E-state index is 0.00839. The van der Waals surface area contributed by atoms with E-state index in [1.807, 2.05) is 6.92 Å². The molecule has 0 aliphatic rings. The molecule has 1 heterocycles. The molecule has 0 atom stereocenters. The summed E-state index contributed by atoms with van der Waals surface area (Å²) in [6, 6.07) is 0. The average Bonchev–Trinajstić information content (AvgIpc) is 2.57. The van der Waals surface area contributed by atoms with Crippen LogP contribution >= 0.6 is 0 Å². The Morgan fingerprint density at radius 2 is 2.54 bits per heavy atom. The normalized spacial score (nSPS) is 9.92. The molecule has 5 nitrogen and oxygen atoms in total. The summed E-state index contributed by atoms with van der Waals surface area (Å²) in [5, 5.41) is 5.66. The van der Waals surface area contributed by atoms with Crippen LogP contribution in [0, 0.1) is 0 Å². The standard InChI is InChI=1S/C8H14N4O/c1-2-10-8(13)6-9-5-7-11-3-4-12-7/h3-4,9H,2,5-6H2,1H3,(H,10,13)(H,11,12). The molecule has 0 bridgehead atoms. The molecule has 0 radical (unpaired) electrons. The third-order valence-corrected chi connectivity index (χ3v) is 1.51. The predicted octanol–water partition coefficient (Wildman–Crippen LogP) is -0.365. The first kappa shape index (κ1) is 9.73. The van der Waals surface area contributed by atoms with Crippen molar-refractivity contribution < 1.29 is 4.79 Å². The molecule has 0 fully saturated rings. The summed E-state index contributed by atoms with van der Waals surface area (Å²) in [5.74, 6) is 0.846. The van der Waals surface area contributed by atoms with E-state index in [4.69, 9.17) is 0 Å². The van der Waals surface area contributed by atoms with Gasteiger partial charge in [-0.25, -0.2) is 4.98 Å². The quantitative estimate of drug-likeness (QED) is 0.582. The maximum Gasteiger partial charge on any atom is 0.233 e. The first-order chi connectivity index (χ1) is 6.33. The number of amides is 1. The first-order valence-corrected chi connectivity index (χ1v) is 4.28. The molecule has 5 heteroatoms. The van der Waals surface area contributed by atoms with E-state index >= 15 is 0 Å². The monoisotopic (exact) mass is 182 g/mol. The van der Waals surface area contributed by atoms with Crippen LogP contribution < -0.4 is 10.6 Å². The topological polar surface area (TPSA) is 69.8 Å². The Morgan fingerprint density at radius 1 is 1.69 bits per heavy atom. The van der Waals surface area contributed by atoms with Crippen LogP contribution in [0.2, 0.25) is 0 Å². The second-order valence-electron chi connectivity index (χ2n) is 2.59. The first-order valence-electron chi connectivity index (χ1n) is 4.28. The van der Waals surface area contributed by atoms with Crippen molar-refractivity contribution in [3.8, 4) is 0 Å². The van der Waals surface area contributed by atoms with Crippen molar-refractivity contribution in [3.05, 3.63) is 18.2 Å². The van der Waals surface area contributed by atoms with Crippen molar-refractivity contribution >= 4 is 5.91 Å². The maximum absolute atomic E-state index is 11.0. The number of rotatable bonds is 5. The van der Waals surface area contributed by atoms with Crippen molar-refractivity contribution in [2.75, 3.05) is 13.1 Å². The molecule has 0 aliphatic carbocycles. The Kier molecular flexibility index (Phi) is 3.98. The van der Waals surface area contributed by atoms with E-state index in [1.165, 1.54) is 0 Å². The summed E-state index contributed by atoms with van der Waals surface area (Å²) in [5.41, 5.74) is 0. The molecular formula is C8H14N4O. The molecule has 0 spiro atoms. The average molecular weight is 182 g/mol. The molecule has 0 unspecified atom stereocenters. The van der Waals surface area contributed by atoms with E-state index in [1.54, 1.807) is 12.4 Å². The number of aromatic nitrogens is 2. The SMILES string of the molecule is CCNC(=O)CNCc1ncc[nH]1. The number of likely N-dealkylation sites (N-methyl/N-ethyl adjacent to an activating group) is 1. The van der Waals surface area contributed by atoms with E-state index in [-0.39, 0.29) is 5.91 Å². The lowest BCUT2D eigenvalue weighted by Gasteiger charge is -2.02. The second kappa shape index (κ2) is 5.31. The molecule has 1 aromatic heterocycles. The Balaban J connectivity index is 2.11. The van der Waals surface area contributed by atoms with Crippen molar-refractivity contribution in [2.45, 2.75) is 13.5 Å². The van der Waals surface area contributed by atoms with Gasteiger partial charge in [-0.15, -0.1) is 0 Å². The lowest BCUT2D eigenvalue weighted by atomic mass is 10.5. The molecule has 0 aromatic carbocycles. The van der Waals surface area contributed by atoms with Gasteiger partial charge in [-0.3, -0.25) is 4.79 Å². The van der Waals surface area contributed by atoms with Crippen LogP contribution in [-0.4, -0.2) is 29.0 Å². The highest BCUT2D eigenvalue weighted by atomic mass is 16.1. The zero-order valence-electron chi connectivity index (χ0n) is 7.63. The fraction of sp³-hybridized carbons (Fsp3) is 0.500. The molecule has 1 aromatic rings. The van der Waals surface area contributed by atoms with Gasteiger partial charge in [0.2, 0.25) is 5.91 Å². The Morgan fingerprint density at radius 3 is 3.15 bits per heavy atom. The summed E-state index contributed by atoms with van der Waals surface area (Å²) >= 11 is 0. The molecule has 1 rings (SSSR count). The second-order valence-corrected chi connectivity index (χ2v) is 2.59. The van der Waals surface area contributed by atoms with Crippen LogP contribution in [0.3, 0.4) is 0 Å². The fourth-order valence-electron chi connectivity index (χ4n) is 0.949. The van der Waals surface area contributed by atoms with Crippen molar-refractivity contribution in [3.63, 3.8) is 0 Å². The molecule has 0 saturated heterocycles. The summed E-state index contributed by atoms with van der Waals surface area (Å²) < 4.78 is 0. The summed E-state index contributed by atoms with van der Waals surface area (Å²) in [6.45, 7) is 3.48. The smallest absolute Gasteiger partial charge is 0.233 e. The third kappa shape index (κ3) is 3.71. The summed E-state index contributed by atoms with van der Waals surface area (Å²) in [4.78, 5) is 17.9. The number of aromatic amines is 1. The van der Waals surface area contributed by atoms with E-state index < -0.39 is 0 Å². The molecular weight excluding hydrogens is 168 g/mol. The number of H-pyrrole nitrogens is 1. The molecule has 0 saturated carbocycles. The fourth-order valence-corrected chi connectivity index (χ4v) is 0.949. The zero-order chi connectivity index (χ0) is 9.52. The van der Waals surface area contributed by atoms with Crippen molar-refractivity contribution in [1.82, 2.24) is 20.6 Å². The highest BCUT2D eigenvalue weighted by molar-refractivity contribution is 5.77. The van der Waals surface area contributed by atoms with Gasteiger partial charge in [0.15, 0.2) is 0 Å². The largest absolute Gasteiger partial charge is 0.355 e. The molecule has 0 aliphatic heterocycles. The van der Waals surface area contributed by atoms with Gasteiger partial charge in [-0.2, -0.15) is 0 Å². The van der Waals surface area contributed by atoms with E-state index in [9.17, 15) is 4.79 Å². The zero-order valence-corrected chi connectivity index (χ0v) is 7.63. The van der Waals surface area contributed by atoms with Gasteiger partial charge < -0.3 is 15.6 Å². The van der Waals surface area contributed by atoms with Crippen molar-refractivity contribution in [2.24, 2.45) is 0 Å². The summed E-state index contributed by atoms with van der Waals surface area (Å²) in [7, 11) is 0. The lowest BCUT2D eigenvalue weighted by molar-refractivity contribution is -0.120. The van der Waals surface area contributed by atoms with Gasteiger partial charge in [0.05, 0.1) is 13.1 Å². The number of carbonyl (C=O) groups is 1. The molecule has 1 amide bonds. The van der Waals surface area contributed by atoms with Gasteiger partial charge >= 0.3 is 0 Å². The molecule has 72 valence electrons. The number of hydrogen-bond acceptors (Lipinski definition) is 3. The number of hydrogen-bond donors (Lipinski definition) is 3. The predicted molar refractivity (Wildman–Crippen MR) is 49.0 cm³/mol. The minimum Gasteiger partial charge on any atom is -0.355 e. The third-order valence-electron chi connectivity index (χ3n) is 1.51. The van der Waals surface area contributed by atoms with Gasteiger partial charge in [0.1, 0.15) is 5.82 Å². The molecule has 3 N–H and O–H groups in total. The highest BCUT2D eigenvalue weighted by Gasteiger charge is 1.98. The van der Waals surface area contributed by atoms with Crippen LogP contribution in [0.1, 0.15) is 12.7 Å². The minimum atomic E-state index is 0.00839. The Hall–Kier alpha value is -1.36.